The Morgan fingerprint density at radius 2 is 1.71 bits per heavy atom. The van der Waals surface area contributed by atoms with Crippen LogP contribution in [0.3, 0.4) is 0 Å². The zero-order chi connectivity index (χ0) is 15.6. The Hall–Kier alpha value is -2.28. The van der Waals surface area contributed by atoms with E-state index in [-0.39, 0.29) is 10.6 Å². The van der Waals surface area contributed by atoms with Gasteiger partial charge in [-0.3, -0.25) is 4.72 Å². The number of sulfonamides is 1. The summed E-state index contributed by atoms with van der Waals surface area (Å²) in [5.41, 5.74) is 6.85. The highest BCUT2D eigenvalue weighted by Crippen LogP contribution is 2.21. The van der Waals surface area contributed by atoms with Crippen molar-refractivity contribution in [2.75, 3.05) is 29.5 Å². The van der Waals surface area contributed by atoms with Gasteiger partial charge in [0.1, 0.15) is 5.82 Å². The van der Waals surface area contributed by atoms with Crippen LogP contribution < -0.4 is 15.4 Å². The Kier molecular flexibility index (Phi) is 4.04. The summed E-state index contributed by atoms with van der Waals surface area (Å²) in [4.78, 5) is 1.68. The Morgan fingerprint density at radius 1 is 1.10 bits per heavy atom. The van der Waals surface area contributed by atoms with E-state index in [0.29, 0.717) is 5.69 Å². The van der Waals surface area contributed by atoms with Gasteiger partial charge in [-0.15, -0.1) is 0 Å². The predicted molar refractivity (Wildman–Crippen MR) is 82.4 cm³/mol. The number of nitrogens with two attached hydrogens (primary N) is 1. The Bertz CT molecular complexity index is 723. The molecule has 2 rings (SSSR count). The number of hydrogen-bond acceptors (Lipinski definition) is 4. The molecule has 0 aromatic heterocycles. The van der Waals surface area contributed by atoms with Crippen LogP contribution in [-0.2, 0) is 10.0 Å². The third-order valence-electron chi connectivity index (χ3n) is 2.84. The van der Waals surface area contributed by atoms with Crippen LogP contribution in [0.5, 0.6) is 0 Å². The summed E-state index contributed by atoms with van der Waals surface area (Å²) in [5.74, 6) is -0.696. The average Bonchev–Trinajstić information content (AvgIpc) is 2.37. The zero-order valence-corrected chi connectivity index (χ0v) is 12.5. The van der Waals surface area contributed by atoms with Crippen molar-refractivity contribution in [3.05, 3.63) is 48.3 Å². The largest absolute Gasteiger partial charge is 0.399 e. The summed E-state index contributed by atoms with van der Waals surface area (Å²) >= 11 is 0. The lowest BCUT2D eigenvalue weighted by Gasteiger charge is -2.13. The minimum Gasteiger partial charge on any atom is -0.399 e. The molecule has 5 nitrogen and oxygen atoms in total. The molecule has 0 heterocycles. The lowest BCUT2D eigenvalue weighted by atomic mass is 10.3. The fraction of sp³-hybridized carbons (Fsp3) is 0.143. The van der Waals surface area contributed by atoms with Crippen LogP contribution in [-0.4, -0.2) is 22.5 Å². The van der Waals surface area contributed by atoms with Crippen LogP contribution in [0.4, 0.5) is 21.5 Å². The Labute approximate surface area is 123 Å². The number of nitrogen functional groups attached to an aromatic ring is 1. The molecular formula is C14H16FN3O2S. The molecule has 3 N–H and O–H groups in total. The number of halogens is 1. The molecular weight excluding hydrogens is 293 g/mol. The van der Waals surface area contributed by atoms with Crippen molar-refractivity contribution < 1.29 is 12.8 Å². The number of benzene rings is 2. The van der Waals surface area contributed by atoms with Crippen molar-refractivity contribution in [1.82, 2.24) is 0 Å². The summed E-state index contributed by atoms with van der Waals surface area (Å²) in [6.07, 6.45) is 0. The van der Waals surface area contributed by atoms with Gasteiger partial charge in [0.05, 0.1) is 4.90 Å². The minimum absolute atomic E-state index is 0.0540. The molecule has 0 bridgehead atoms. The number of nitrogens with zero attached hydrogens (tertiary/aromatic N) is 1. The normalized spacial score (nSPS) is 11.2. The molecule has 112 valence electrons. The van der Waals surface area contributed by atoms with Crippen LogP contribution >= 0.6 is 0 Å². The van der Waals surface area contributed by atoms with Crippen molar-refractivity contribution in [2.45, 2.75) is 4.90 Å². The van der Waals surface area contributed by atoms with Gasteiger partial charge in [-0.05, 0) is 42.5 Å². The third-order valence-corrected chi connectivity index (χ3v) is 4.20. The molecule has 7 heteroatoms. The van der Waals surface area contributed by atoms with E-state index in [1.807, 2.05) is 19.0 Å². The first-order valence-corrected chi connectivity index (χ1v) is 7.62. The van der Waals surface area contributed by atoms with Crippen molar-refractivity contribution in [1.29, 1.82) is 0 Å². The van der Waals surface area contributed by atoms with Gasteiger partial charge in [0.2, 0.25) is 0 Å². The van der Waals surface area contributed by atoms with E-state index in [1.165, 1.54) is 6.07 Å². The molecule has 0 aliphatic carbocycles. The van der Waals surface area contributed by atoms with E-state index in [4.69, 9.17) is 5.73 Å². The molecule has 2 aromatic carbocycles. The summed E-state index contributed by atoms with van der Waals surface area (Å²) in [5, 5.41) is 0. The zero-order valence-electron chi connectivity index (χ0n) is 11.7. The maximum absolute atomic E-state index is 13.3. The maximum atomic E-state index is 13.3. The van der Waals surface area contributed by atoms with Crippen LogP contribution in [0.15, 0.2) is 47.4 Å². The Morgan fingerprint density at radius 3 is 2.24 bits per heavy atom. The van der Waals surface area contributed by atoms with E-state index < -0.39 is 15.8 Å². The second kappa shape index (κ2) is 5.61. The van der Waals surface area contributed by atoms with Gasteiger partial charge in [0, 0.05) is 31.2 Å². The van der Waals surface area contributed by atoms with Crippen molar-refractivity contribution in [2.24, 2.45) is 0 Å². The monoisotopic (exact) mass is 309 g/mol. The van der Waals surface area contributed by atoms with E-state index in [2.05, 4.69) is 4.72 Å². The molecule has 0 spiro atoms. The van der Waals surface area contributed by atoms with E-state index >= 15 is 0 Å². The molecule has 0 saturated carbocycles. The second-order valence-corrected chi connectivity index (χ2v) is 6.45. The summed E-state index contributed by atoms with van der Waals surface area (Å²) in [7, 11) is -0.108. The topological polar surface area (TPSA) is 75.4 Å². The third kappa shape index (κ3) is 3.63. The standard InChI is InChI=1S/C14H16FN3O2S/c1-18(2)13-5-3-12(4-6-13)17-21(19,20)14-8-10(15)7-11(16)9-14/h3-9,17H,16H2,1-2H3. The lowest BCUT2D eigenvalue weighted by Crippen LogP contribution is -2.14. The minimum atomic E-state index is -3.88. The van der Waals surface area contributed by atoms with Crippen LogP contribution in [0.1, 0.15) is 0 Å². The first kappa shape index (κ1) is 15.1. The highest BCUT2D eigenvalue weighted by Gasteiger charge is 2.16. The van der Waals surface area contributed by atoms with Crippen molar-refractivity contribution >= 4 is 27.1 Å². The maximum Gasteiger partial charge on any atom is 0.262 e. The highest BCUT2D eigenvalue weighted by molar-refractivity contribution is 7.92. The van der Waals surface area contributed by atoms with Gasteiger partial charge in [-0.2, -0.15) is 0 Å². The van der Waals surface area contributed by atoms with Gasteiger partial charge in [0.15, 0.2) is 0 Å². The van der Waals surface area contributed by atoms with Gasteiger partial charge in [-0.1, -0.05) is 0 Å². The number of hydrogen-bond donors (Lipinski definition) is 2. The second-order valence-electron chi connectivity index (χ2n) is 4.77. The van der Waals surface area contributed by atoms with Crippen LogP contribution in [0.25, 0.3) is 0 Å². The average molecular weight is 309 g/mol. The van der Waals surface area contributed by atoms with Gasteiger partial charge < -0.3 is 10.6 Å². The fourth-order valence-electron chi connectivity index (χ4n) is 1.78. The van der Waals surface area contributed by atoms with Gasteiger partial charge in [0.25, 0.3) is 10.0 Å². The summed E-state index contributed by atoms with van der Waals surface area (Å²) in [6, 6.07) is 10.0. The smallest absolute Gasteiger partial charge is 0.262 e. The molecule has 0 atom stereocenters. The van der Waals surface area contributed by atoms with Crippen LogP contribution in [0.2, 0.25) is 0 Å². The Balaban J connectivity index is 2.28. The lowest BCUT2D eigenvalue weighted by molar-refractivity contribution is 0.595. The molecule has 0 radical (unpaired) electrons. The van der Waals surface area contributed by atoms with Gasteiger partial charge >= 0.3 is 0 Å². The molecule has 0 aliphatic heterocycles. The summed E-state index contributed by atoms with van der Waals surface area (Å²) in [6.45, 7) is 0. The molecule has 21 heavy (non-hydrogen) atoms. The quantitative estimate of drug-likeness (QED) is 0.850. The van der Waals surface area contributed by atoms with E-state index in [1.54, 1.807) is 24.3 Å². The van der Waals surface area contributed by atoms with Crippen LogP contribution in [0, 0.1) is 5.82 Å². The number of rotatable bonds is 4. The van der Waals surface area contributed by atoms with Gasteiger partial charge in [-0.25, -0.2) is 12.8 Å². The first-order valence-electron chi connectivity index (χ1n) is 6.14. The summed E-state index contributed by atoms with van der Waals surface area (Å²) < 4.78 is 40.0. The predicted octanol–water partition coefficient (Wildman–Crippen LogP) is 2.27. The van der Waals surface area contributed by atoms with Crippen molar-refractivity contribution in [3.63, 3.8) is 0 Å². The SMILES string of the molecule is CN(C)c1ccc(NS(=O)(=O)c2cc(N)cc(F)c2)cc1. The van der Waals surface area contributed by atoms with E-state index in [0.717, 1.165) is 17.8 Å². The molecule has 2 aromatic rings. The number of nitrogens with one attached hydrogen (secondary N) is 1. The fourth-order valence-corrected chi connectivity index (χ4v) is 2.90. The first-order chi connectivity index (χ1) is 9.78. The molecule has 0 unspecified atom stereocenters. The van der Waals surface area contributed by atoms with Crippen molar-refractivity contribution in [3.8, 4) is 0 Å². The molecule has 0 aliphatic rings. The highest BCUT2D eigenvalue weighted by atomic mass is 32.2. The van der Waals surface area contributed by atoms with E-state index in [9.17, 15) is 12.8 Å². The number of anilines is 3. The molecule has 0 fully saturated rings. The molecule has 0 amide bonds. The molecule has 0 saturated heterocycles.